The number of hydrogen-bond donors (Lipinski definition) is 1. The van der Waals surface area contributed by atoms with Crippen molar-refractivity contribution in [1.82, 2.24) is 9.88 Å². The second kappa shape index (κ2) is 6.97. The molecule has 0 radical (unpaired) electrons. The number of hydrogen-bond acceptors (Lipinski definition) is 3. The summed E-state index contributed by atoms with van der Waals surface area (Å²) in [4.78, 5) is 13.2. The highest BCUT2D eigenvalue weighted by atomic mass is 35.5. The van der Waals surface area contributed by atoms with E-state index < -0.39 is 5.54 Å². The number of fused-ring (bicyclic) bond motifs is 1. The van der Waals surface area contributed by atoms with Gasteiger partial charge in [0.15, 0.2) is 0 Å². The third-order valence-electron chi connectivity index (χ3n) is 5.50. The maximum atomic E-state index is 13.2. The van der Waals surface area contributed by atoms with E-state index in [-0.39, 0.29) is 5.91 Å². The van der Waals surface area contributed by atoms with Gasteiger partial charge in [0.05, 0.1) is 28.8 Å². The highest BCUT2D eigenvalue weighted by molar-refractivity contribution is 6.36. The van der Waals surface area contributed by atoms with E-state index in [0.717, 1.165) is 22.0 Å². The summed E-state index contributed by atoms with van der Waals surface area (Å²) < 4.78 is 7.48. The molecule has 1 aliphatic heterocycles. The number of aryl methyl sites for hydroxylation is 2. The Morgan fingerprint density at radius 3 is 2.86 bits per heavy atom. The van der Waals surface area contributed by atoms with Gasteiger partial charge in [-0.2, -0.15) is 5.26 Å². The average Bonchev–Trinajstić information content (AvgIpc) is 3.31. The van der Waals surface area contributed by atoms with Gasteiger partial charge in [0, 0.05) is 31.0 Å². The molecule has 2 heterocycles. The first-order valence-electron chi connectivity index (χ1n) is 9.10. The van der Waals surface area contributed by atoms with E-state index in [1.807, 2.05) is 54.9 Å². The third-order valence-corrected chi connectivity index (χ3v) is 6.01. The lowest BCUT2D eigenvalue weighted by Gasteiger charge is -2.29. The lowest BCUT2D eigenvalue weighted by molar-refractivity contribution is 0.0868. The molecule has 142 valence electrons. The molecular weight excluding hydrogens is 374 g/mol. The minimum absolute atomic E-state index is 0.194. The maximum absolute atomic E-state index is 13.2. The number of aromatic nitrogens is 1. The average molecular weight is 394 g/mol. The molecule has 1 amide bonds. The first-order valence-corrected chi connectivity index (χ1v) is 9.48. The van der Waals surface area contributed by atoms with Crippen LogP contribution in [0.4, 0.5) is 0 Å². The number of carbonyl (C=O) groups is 1. The van der Waals surface area contributed by atoms with E-state index in [9.17, 15) is 10.1 Å². The molecular formula is C22H20ClN3O2. The quantitative estimate of drug-likeness (QED) is 0.729. The van der Waals surface area contributed by atoms with Gasteiger partial charge in [-0.05, 0) is 42.3 Å². The summed E-state index contributed by atoms with van der Waals surface area (Å²) in [5.74, 6) is -0.194. The Morgan fingerprint density at radius 2 is 2.14 bits per heavy atom. The number of rotatable bonds is 3. The van der Waals surface area contributed by atoms with Crippen LogP contribution in [-0.4, -0.2) is 23.7 Å². The number of amides is 1. The molecule has 3 aromatic rings. The smallest absolute Gasteiger partial charge is 0.268 e. The Hall–Kier alpha value is -2.81. The second-order valence-corrected chi connectivity index (χ2v) is 7.63. The van der Waals surface area contributed by atoms with Crippen LogP contribution in [0.2, 0.25) is 5.02 Å². The van der Waals surface area contributed by atoms with Gasteiger partial charge in [-0.15, -0.1) is 0 Å². The van der Waals surface area contributed by atoms with Gasteiger partial charge in [-0.3, -0.25) is 4.79 Å². The van der Waals surface area contributed by atoms with Crippen LogP contribution in [0.1, 0.15) is 33.6 Å². The minimum atomic E-state index is -0.653. The molecule has 4 rings (SSSR count). The summed E-state index contributed by atoms with van der Waals surface area (Å²) in [6.45, 7) is 2.87. The summed E-state index contributed by atoms with van der Waals surface area (Å²) in [5.41, 5.74) is 3.20. The van der Waals surface area contributed by atoms with E-state index in [1.54, 1.807) is 6.07 Å². The lowest BCUT2D eigenvalue weighted by atomic mass is 9.88. The monoisotopic (exact) mass is 393 g/mol. The molecule has 6 heteroatoms. The zero-order chi connectivity index (χ0) is 19.9. The number of carbonyl (C=O) groups excluding carboxylic acids is 1. The van der Waals surface area contributed by atoms with Gasteiger partial charge in [-0.25, -0.2) is 0 Å². The zero-order valence-electron chi connectivity index (χ0n) is 15.8. The molecule has 1 atom stereocenters. The van der Waals surface area contributed by atoms with Gasteiger partial charge in [0.1, 0.15) is 5.69 Å². The fraction of sp³-hybridized carbons (Fsp3) is 0.273. The number of nitrogens with zero attached hydrogens (tertiary/aromatic N) is 2. The predicted octanol–water partition coefficient (Wildman–Crippen LogP) is 4.06. The normalized spacial score (nSPS) is 18.9. The largest absolute Gasteiger partial charge is 0.379 e. The zero-order valence-corrected chi connectivity index (χ0v) is 16.5. The van der Waals surface area contributed by atoms with E-state index in [2.05, 4.69) is 11.4 Å². The SMILES string of the molecule is Cc1ccc2c(cc(C(=O)NC3(c4cccc(C#N)c4)CCOC3)n2C)c1Cl. The fourth-order valence-corrected chi connectivity index (χ4v) is 4.05. The van der Waals surface area contributed by atoms with Crippen LogP contribution in [0.5, 0.6) is 0 Å². The Balaban J connectivity index is 1.74. The Bertz CT molecular complexity index is 1120. The van der Waals surface area contributed by atoms with Crippen molar-refractivity contribution in [2.24, 2.45) is 7.05 Å². The molecule has 1 fully saturated rings. The van der Waals surface area contributed by atoms with Crippen molar-refractivity contribution in [2.45, 2.75) is 18.9 Å². The van der Waals surface area contributed by atoms with Crippen LogP contribution in [0, 0.1) is 18.3 Å². The highest BCUT2D eigenvalue weighted by Gasteiger charge is 2.39. The summed E-state index contributed by atoms with van der Waals surface area (Å²) in [6, 6.07) is 15.2. The molecule has 2 aromatic carbocycles. The maximum Gasteiger partial charge on any atom is 0.268 e. The Labute approximate surface area is 168 Å². The molecule has 28 heavy (non-hydrogen) atoms. The number of halogens is 1. The van der Waals surface area contributed by atoms with Gasteiger partial charge in [-0.1, -0.05) is 29.8 Å². The summed E-state index contributed by atoms with van der Waals surface area (Å²) in [5, 5.41) is 13.9. The second-order valence-electron chi connectivity index (χ2n) is 7.25. The van der Waals surface area contributed by atoms with Crippen molar-refractivity contribution in [3.8, 4) is 6.07 Å². The van der Waals surface area contributed by atoms with Crippen LogP contribution in [0.25, 0.3) is 10.9 Å². The topological polar surface area (TPSA) is 67.1 Å². The number of nitriles is 1. The molecule has 0 saturated carbocycles. The molecule has 0 bridgehead atoms. The summed E-state index contributed by atoms with van der Waals surface area (Å²) >= 11 is 6.45. The number of nitrogens with one attached hydrogen (secondary N) is 1. The third kappa shape index (κ3) is 2.95. The molecule has 1 aromatic heterocycles. The van der Waals surface area contributed by atoms with E-state index >= 15 is 0 Å². The molecule has 1 N–H and O–H groups in total. The standard InChI is InChI=1S/C22H20ClN3O2/c1-14-6-7-18-17(20(14)23)11-19(26(18)2)21(27)25-22(8-9-28-13-22)16-5-3-4-15(10-16)12-24/h3-7,10-11H,8-9,13H2,1-2H3,(H,25,27). The van der Waals surface area contributed by atoms with Crippen molar-refractivity contribution in [3.05, 3.63) is 69.9 Å². The van der Waals surface area contributed by atoms with Crippen molar-refractivity contribution < 1.29 is 9.53 Å². The molecule has 1 aliphatic rings. The molecule has 0 spiro atoms. The van der Waals surface area contributed by atoms with Gasteiger partial charge in [0.25, 0.3) is 5.91 Å². The molecule has 5 nitrogen and oxygen atoms in total. The van der Waals surface area contributed by atoms with Crippen LogP contribution < -0.4 is 5.32 Å². The minimum Gasteiger partial charge on any atom is -0.379 e. The Kier molecular flexibility index (Phi) is 4.62. The van der Waals surface area contributed by atoms with Gasteiger partial charge >= 0.3 is 0 Å². The number of benzene rings is 2. The van der Waals surface area contributed by atoms with E-state index in [1.165, 1.54) is 0 Å². The summed E-state index contributed by atoms with van der Waals surface area (Å²) in [7, 11) is 1.86. The molecule has 1 unspecified atom stereocenters. The predicted molar refractivity (Wildman–Crippen MR) is 108 cm³/mol. The van der Waals surface area contributed by atoms with E-state index in [0.29, 0.717) is 35.9 Å². The van der Waals surface area contributed by atoms with Crippen molar-refractivity contribution in [3.63, 3.8) is 0 Å². The van der Waals surface area contributed by atoms with Gasteiger partial charge in [0.2, 0.25) is 0 Å². The van der Waals surface area contributed by atoms with Crippen molar-refractivity contribution >= 4 is 28.4 Å². The highest BCUT2D eigenvalue weighted by Crippen LogP contribution is 2.33. The Morgan fingerprint density at radius 1 is 1.32 bits per heavy atom. The molecule has 1 saturated heterocycles. The van der Waals surface area contributed by atoms with Crippen molar-refractivity contribution in [1.29, 1.82) is 5.26 Å². The van der Waals surface area contributed by atoms with Crippen LogP contribution in [0.3, 0.4) is 0 Å². The first-order chi connectivity index (χ1) is 13.4. The summed E-state index contributed by atoms with van der Waals surface area (Å²) in [6.07, 6.45) is 0.650. The van der Waals surface area contributed by atoms with Crippen molar-refractivity contribution in [2.75, 3.05) is 13.2 Å². The van der Waals surface area contributed by atoms with Crippen LogP contribution >= 0.6 is 11.6 Å². The first kappa shape index (κ1) is 18.5. The number of ether oxygens (including phenoxy) is 1. The fourth-order valence-electron chi connectivity index (χ4n) is 3.83. The van der Waals surface area contributed by atoms with Gasteiger partial charge < -0.3 is 14.6 Å². The van der Waals surface area contributed by atoms with Crippen LogP contribution in [0.15, 0.2) is 42.5 Å². The lowest BCUT2D eigenvalue weighted by Crippen LogP contribution is -2.47. The molecule has 0 aliphatic carbocycles. The van der Waals surface area contributed by atoms with Crippen LogP contribution in [-0.2, 0) is 17.3 Å². The van der Waals surface area contributed by atoms with E-state index in [4.69, 9.17) is 16.3 Å².